The van der Waals surface area contributed by atoms with Crippen molar-refractivity contribution < 1.29 is 9.90 Å². The molecule has 8 heteroatoms. The lowest BCUT2D eigenvalue weighted by molar-refractivity contribution is -0.133. The fourth-order valence-electron chi connectivity index (χ4n) is 4.86. The molecular weight excluding hydrogens is 380 g/mol. The number of hydrogen-bond donors (Lipinski definition) is 1. The number of nitrogens with zero attached hydrogens (tertiary/aromatic N) is 6. The summed E-state index contributed by atoms with van der Waals surface area (Å²) >= 11 is 0. The first-order valence-electron chi connectivity index (χ1n) is 11.2. The van der Waals surface area contributed by atoms with Gasteiger partial charge in [0.1, 0.15) is 0 Å². The van der Waals surface area contributed by atoms with Crippen molar-refractivity contribution in [2.45, 2.75) is 51.6 Å². The fraction of sp³-hybridized carbons (Fsp3) is 0.636. The molecule has 160 valence electrons. The number of anilines is 1. The molecule has 30 heavy (non-hydrogen) atoms. The van der Waals surface area contributed by atoms with Crippen LogP contribution in [0.15, 0.2) is 18.5 Å². The fourth-order valence-corrected chi connectivity index (χ4v) is 4.86. The number of aliphatic hydroxyl groups excluding tert-OH is 1. The van der Waals surface area contributed by atoms with Gasteiger partial charge in [0.15, 0.2) is 0 Å². The molecule has 0 aromatic carbocycles. The van der Waals surface area contributed by atoms with E-state index in [1.165, 1.54) is 12.8 Å². The van der Waals surface area contributed by atoms with Gasteiger partial charge in [0, 0.05) is 43.5 Å². The molecule has 3 fully saturated rings. The molecular formula is C22H30N6O2. The van der Waals surface area contributed by atoms with Crippen LogP contribution in [-0.4, -0.2) is 61.9 Å². The number of carbonyl (C=O) groups is 1. The van der Waals surface area contributed by atoms with Crippen LogP contribution in [0.5, 0.6) is 0 Å². The summed E-state index contributed by atoms with van der Waals surface area (Å²) in [7, 11) is 0. The van der Waals surface area contributed by atoms with E-state index in [9.17, 15) is 9.90 Å². The highest BCUT2D eigenvalue weighted by atomic mass is 16.3. The van der Waals surface area contributed by atoms with Crippen molar-refractivity contribution >= 4 is 11.9 Å². The quantitative estimate of drug-likeness (QED) is 0.786. The minimum atomic E-state index is -0.0227. The monoisotopic (exact) mass is 410 g/mol. The molecule has 2 aromatic heterocycles. The highest BCUT2D eigenvalue weighted by Crippen LogP contribution is 2.44. The zero-order valence-corrected chi connectivity index (χ0v) is 17.6. The highest BCUT2D eigenvalue weighted by Gasteiger charge is 2.45. The molecule has 1 N–H and O–H groups in total. The molecule has 4 heterocycles. The number of rotatable bonds is 6. The second kappa shape index (κ2) is 7.98. The number of aromatic nitrogens is 4. The summed E-state index contributed by atoms with van der Waals surface area (Å²) in [6.45, 7) is 5.38. The Morgan fingerprint density at radius 1 is 1.23 bits per heavy atom. The third-order valence-corrected chi connectivity index (χ3v) is 6.71. The molecule has 1 saturated carbocycles. The summed E-state index contributed by atoms with van der Waals surface area (Å²) < 4.78 is 1.78. The summed E-state index contributed by atoms with van der Waals surface area (Å²) in [5.41, 5.74) is 2.68. The molecule has 8 nitrogen and oxygen atoms in total. The van der Waals surface area contributed by atoms with E-state index in [0.29, 0.717) is 12.5 Å². The van der Waals surface area contributed by atoms with Crippen LogP contribution < -0.4 is 4.90 Å². The van der Waals surface area contributed by atoms with Gasteiger partial charge in [0.05, 0.1) is 30.6 Å². The van der Waals surface area contributed by atoms with Gasteiger partial charge in [0.2, 0.25) is 11.9 Å². The third kappa shape index (κ3) is 3.57. The number of carbonyl (C=O) groups excluding carboxylic acids is 1. The van der Waals surface area contributed by atoms with Crippen molar-refractivity contribution in [3.05, 3.63) is 24.2 Å². The van der Waals surface area contributed by atoms with Crippen LogP contribution in [0.3, 0.4) is 0 Å². The lowest BCUT2D eigenvalue weighted by Crippen LogP contribution is -2.32. The van der Waals surface area contributed by atoms with E-state index in [1.54, 1.807) is 4.68 Å². The maximum absolute atomic E-state index is 13.0. The summed E-state index contributed by atoms with van der Waals surface area (Å²) in [5.74, 6) is 1.70. The molecule has 2 saturated heterocycles. The van der Waals surface area contributed by atoms with Crippen molar-refractivity contribution in [2.24, 2.45) is 11.8 Å². The first kappa shape index (κ1) is 19.5. The van der Waals surface area contributed by atoms with E-state index in [2.05, 4.69) is 16.8 Å². The Labute approximate surface area is 176 Å². The Kier molecular flexibility index (Phi) is 5.18. The maximum Gasteiger partial charge on any atom is 0.226 e. The molecule has 5 rings (SSSR count). The van der Waals surface area contributed by atoms with Crippen LogP contribution in [0.2, 0.25) is 0 Å². The first-order chi connectivity index (χ1) is 14.7. The Bertz CT molecular complexity index is 922. The van der Waals surface area contributed by atoms with E-state index >= 15 is 0 Å². The van der Waals surface area contributed by atoms with Crippen LogP contribution in [0, 0.1) is 11.8 Å². The lowest BCUT2D eigenvalue weighted by Gasteiger charge is -2.24. The van der Waals surface area contributed by atoms with E-state index in [1.807, 2.05) is 23.4 Å². The summed E-state index contributed by atoms with van der Waals surface area (Å²) in [6, 6.07) is 1.90. The van der Waals surface area contributed by atoms with Crippen LogP contribution in [0.4, 0.5) is 5.95 Å². The van der Waals surface area contributed by atoms with Crippen molar-refractivity contribution in [3.63, 3.8) is 0 Å². The van der Waals surface area contributed by atoms with Crippen LogP contribution in [0.1, 0.15) is 50.8 Å². The van der Waals surface area contributed by atoms with Gasteiger partial charge in [-0.1, -0.05) is 6.92 Å². The molecule has 0 unspecified atom stereocenters. The molecule has 0 bridgehead atoms. The Balaban J connectivity index is 1.50. The average Bonchev–Trinajstić information content (AvgIpc) is 3.24. The predicted molar refractivity (Wildman–Crippen MR) is 113 cm³/mol. The maximum atomic E-state index is 13.0. The molecule has 2 aromatic rings. The van der Waals surface area contributed by atoms with E-state index in [0.717, 1.165) is 61.8 Å². The molecule has 0 radical (unpaired) electrons. The van der Waals surface area contributed by atoms with Gasteiger partial charge in [0.25, 0.3) is 0 Å². The first-order valence-corrected chi connectivity index (χ1v) is 11.2. The Morgan fingerprint density at radius 2 is 2.03 bits per heavy atom. The van der Waals surface area contributed by atoms with E-state index in [-0.39, 0.29) is 24.5 Å². The van der Waals surface area contributed by atoms with Gasteiger partial charge in [-0.25, -0.2) is 9.97 Å². The largest absolute Gasteiger partial charge is 0.394 e. The number of aliphatic hydroxyl groups is 1. The predicted octanol–water partition coefficient (Wildman–Crippen LogP) is 2.25. The van der Waals surface area contributed by atoms with Gasteiger partial charge in [-0.3, -0.25) is 9.48 Å². The van der Waals surface area contributed by atoms with Crippen LogP contribution in [-0.2, 0) is 11.3 Å². The molecule has 1 aliphatic carbocycles. The van der Waals surface area contributed by atoms with Crippen molar-refractivity contribution in [3.8, 4) is 11.3 Å². The van der Waals surface area contributed by atoms with E-state index < -0.39 is 0 Å². The molecule has 3 atom stereocenters. The number of hydrogen-bond acceptors (Lipinski definition) is 6. The van der Waals surface area contributed by atoms with Crippen molar-refractivity contribution in [2.75, 3.05) is 31.1 Å². The van der Waals surface area contributed by atoms with Crippen molar-refractivity contribution in [1.82, 2.24) is 24.6 Å². The van der Waals surface area contributed by atoms with Gasteiger partial charge in [-0.05, 0) is 44.1 Å². The SMILES string of the molecule is C[C@@H]1C[C@@H]1C(=O)N1CCC[C@H]1c1nn(CCO)cc1-c1ccnc(N2CCCC2)n1. The van der Waals surface area contributed by atoms with Gasteiger partial charge in [-0.15, -0.1) is 0 Å². The second-order valence-corrected chi connectivity index (χ2v) is 8.86. The van der Waals surface area contributed by atoms with Crippen molar-refractivity contribution in [1.29, 1.82) is 0 Å². The summed E-state index contributed by atoms with van der Waals surface area (Å²) in [6.07, 6.45) is 9.03. The zero-order chi connectivity index (χ0) is 20.7. The normalized spacial score (nSPS) is 25.9. The summed E-state index contributed by atoms with van der Waals surface area (Å²) in [4.78, 5) is 26.6. The van der Waals surface area contributed by atoms with Gasteiger partial charge >= 0.3 is 0 Å². The van der Waals surface area contributed by atoms with Crippen LogP contribution >= 0.6 is 0 Å². The second-order valence-electron chi connectivity index (χ2n) is 8.86. The molecule has 1 amide bonds. The van der Waals surface area contributed by atoms with Gasteiger partial charge in [-0.2, -0.15) is 5.10 Å². The molecule has 2 aliphatic heterocycles. The Hall–Kier alpha value is -2.48. The third-order valence-electron chi connectivity index (χ3n) is 6.71. The Morgan fingerprint density at radius 3 is 2.77 bits per heavy atom. The lowest BCUT2D eigenvalue weighted by atomic mass is 10.0. The minimum Gasteiger partial charge on any atom is -0.394 e. The standard InChI is InChI=1S/C22H30N6O2/c1-15-13-16(15)21(30)28-10-4-5-19(28)20-17(14-27(25-20)11-12-29)18-6-7-23-22(24-18)26-8-2-3-9-26/h6-7,14-16,19,29H,2-5,8-13H2,1H3/t15-,16+,19+/m1/s1. The molecule has 0 spiro atoms. The smallest absolute Gasteiger partial charge is 0.226 e. The van der Waals surface area contributed by atoms with Crippen LogP contribution in [0.25, 0.3) is 11.3 Å². The highest BCUT2D eigenvalue weighted by molar-refractivity contribution is 5.82. The number of amides is 1. The topological polar surface area (TPSA) is 87.4 Å². The molecule has 3 aliphatic rings. The average molecular weight is 411 g/mol. The number of likely N-dealkylation sites (tertiary alicyclic amines) is 1. The zero-order valence-electron chi connectivity index (χ0n) is 17.6. The van der Waals surface area contributed by atoms with Gasteiger partial charge < -0.3 is 14.9 Å². The van der Waals surface area contributed by atoms with E-state index in [4.69, 9.17) is 10.1 Å². The summed E-state index contributed by atoms with van der Waals surface area (Å²) in [5, 5.41) is 14.2. The minimum absolute atomic E-state index is 0.0227.